The van der Waals surface area contributed by atoms with Crippen molar-refractivity contribution in [3.05, 3.63) is 60.7 Å². The average molecular weight is 261 g/mol. The van der Waals surface area contributed by atoms with Crippen LogP contribution in [-0.2, 0) is 0 Å². The quantitative estimate of drug-likeness (QED) is 0.601. The van der Waals surface area contributed by atoms with Crippen LogP contribution in [0.1, 0.15) is 0 Å². The number of rotatable bonds is 3. The molecule has 2 aromatic rings. The van der Waals surface area contributed by atoms with Gasteiger partial charge in [-0.25, -0.2) is 0 Å². The van der Waals surface area contributed by atoms with Crippen molar-refractivity contribution in [3.63, 3.8) is 0 Å². The van der Waals surface area contributed by atoms with Crippen molar-refractivity contribution >= 4 is 47.3 Å². The summed E-state index contributed by atoms with van der Waals surface area (Å²) < 4.78 is 0.660. The van der Waals surface area contributed by atoms with Gasteiger partial charge in [-0.2, -0.15) is 0 Å². The Hall–Kier alpha value is -0.820. The molecule has 0 amide bonds. The van der Waals surface area contributed by atoms with Crippen LogP contribution in [0.2, 0.25) is 0 Å². The van der Waals surface area contributed by atoms with E-state index in [9.17, 15) is 0 Å². The summed E-state index contributed by atoms with van der Waals surface area (Å²) in [5.74, 6) is 0. The van der Waals surface area contributed by atoms with Crippen LogP contribution in [0.25, 0.3) is 0 Å². The van der Waals surface area contributed by atoms with Gasteiger partial charge >= 0.3 is 0 Å². The van der Waals surface area contributed by atoms with Crippen molar-refractivity contribution < 1.29 is 0 Å². The first-order chi connectivity index (χ1) is 7.79. The van der Waals surface area contributed by atoms with E-state index in [0.717, 1.165) is 0 Å². The SMILES string of the molecule is [S]C(=S)P(c1ccccc1)c1ccccc1. The largest absolute Gasteiger partial charge is 0.109 e. The minimum absolute atomic E-state index is 0.660. The molecular formula is C13H10PS2. The molecule has 0 fully saturated rings. The van der Waals surface area contributed by atoms with Crippen LogP contribution in [0.4, 0.5) is 0 Å². The highest BCUT2D eigenvalue weighted by Gasteiger charge is 2.16. The van der Waals surface area contributed by atoms with E-state index >= 15 is 0 Å². The Labute approximate surface area is 108 Å². The van der Waals surface area contributed by atoms with E-state index in [1.807, 2.05) is 36.4 Å². The second-order valence-electron chi connectivity index (χ2n) is 3.27. The first-order valence-corrected chi connectivity index (χ1v) is 7.06. The highest BCUT2D eigenvalue weighted by molar-refractivity contribution is 8.30. The van der Waals surface area contributed by atoms with Crippen LogP contribution < -0.4 is 10.6 Å². The zero-order valence-electron chi connectivity index (χ0n) is 8.54. The van der Waals surface area contributed by atoms with Crippen molar-refractivity contribution in [2.75, 3.05) is 0 Å². The minimum atomic E-state index is -0.664. The average Bonchev–Trinajstić information content (AvgIpc) is 2.31. The first-order valence-electron chi connectivity index (χ1n) is 4.90. The van der Waals surface area contributed by atoms with E-state index in [1.54, 1.807) is 0 Å². The van der Waals surface area contributed by atoms with Crippen LogP contribution >= 0.6 is 32.8 Å². The summed E-state index contributed by atoms with van der Waals surface area (Å²) in [7, 11) is -0.664. The lowest BCUT2D eigenvalue weighted by atomic mass is 10.4. The Morgan fingerprint density at radius 3 is 1.44 bits per heavy atom. The van der Waals surface area contributed by atoms with E-state index in [2.05, 4.69) is 24.3 Å². The van der Waals surface area contributed by atoms with Gasteiger partial charge < -0.3 is 0 Å². The molecule has 0 atom stereocenters. The number of benzene rings is 2. The molecule has 3 heteroatoms. The summed E-state index contributed by atoms with van der Waals surface area (Å²) in [6.45, 7) is 0. The lowest BCUT2D eigenvalue weighted by Crippen LogP contribution is -2.14. The number of thiocarbonyl (C=S) groups is 1. The van der Waals surface area contributed by atoms with Crippen molar-refractivity contribution in [1.29, 1.82) is 0 Å². The highest BCUT2D eigenvalue weighted by atomic mass is 32.1. The molecule has 2 rings (SSSR count). The second kappa shape index (κ2) is 5.49. The Morgan fingerprint density at radius 2 is 1.12 bits per heavy atom. The highest BCUT2D eigenvalue weighted by Crippen LogP contribution is 2.36. The van der Waals surface area contributed by atoms with Gasteiger partial charge in [0.2, 0.25) is 0 Å². The van der Waals surface area contributed by atoms with Crippen LogP contribution in [0.3, 0.4) is 0 Å². The summed E-state index contributed by atoms with van der Waals surface area (Å²) in [6, 6.07) is 20.5. The maximum atomic E-state index is 5.22. The Bertz CT molecular complexity index is 428. The van der Waals surface area contributed by atoms with Crippen LogP contribution in [0.5, 0.6) is 0 Å². The monoisotopic (exact) mass is 261 g/mol. The predicted octanol–water partition coefficient (Wildman–Crippen LogP) is 3.60. The molecule has 0 saturated carbocycles. The summed E-state index contributed by atoms with van der Waals surface area (Å²) in [5, 5.41) is 2.45. The third-order valence-electron chi connectivity index (χ3n) is 2.21. The lowest BCUT2D eigenvalue weighted by Gasteiger charge is -2.15. The molecule has 2 aromatic carbocycles. The van der Waals surface area contributed by atoms with Gasteiger partial charge in [0, 0.05) is 7.92 Å². The van der Waals surface area contributed by atoms with Crippen molar-refractivity contribution in [2.24, 2.45) is 0 Å². The van der Waals surface area contributed by atoms with Crippen LogP contribution in [0.15, 0.2) is 60.7 Å². The summed E-state index contributed by atoms with van der Waals surface area (Å²) in [4.78, 5) is 0. The summed E-state index contributed by atoms with van der Waals surface area (Å²) in [5.41, 5.74) is 0. The fraction of sp³-hybridized carbons (Fsp3) is 0. The van der Waals surface area contributed by atoms with Gasteiger partial charge in [-0.3, -0.25) is 0 Å². The molecular weight excluding hydrogens is 251 g/mol. The Morgan fingerprint density at radius 1 is 0.750 bits per heavy atom. The normalized spacial score (nSPS) is 10.3. The Kier molecular flexibility index (Phi) is 4.00. The molecule has 0 bridgehead atoms. The molecule has 79 valence electrons. The second-order valence-corrected chi connectivity index (χ2v) is 7.10. The summed E-state index contributed by atoms with van der Waals surface area (Å²) >= 11 is 10.4. The van der Waals surface area contributed by atoms with Gasteiger partial charge in [0.1, 0.15) is 3.94 Å². The molecule has 1 radical (unpaired) electrons. The molecule has 0 aliphatic carbocycles. The van der Waals surface area contributed by atoms with Crippen molar-refractivity contribution in [3.8, 4) is 0 Å². The zero-order valence-corrected chi connectivity index (χ0v) is 11.1. The number of hydrogen-bond donors (Lipinski definition) is 0. The fourth-order valence-corrected chi connectivity index (χ4v) is 4.44. The molecule has 0 nitrogen and oxygen atoms in total. The molecule has 0 aromatic heterocycles. The van der Waals surface area contributed by atoms with E-state index in [4.69, 9.17) is 24.8 Å². The van der Waals surface area contributed by atoms with Gasteiger partial charge in [-0.1, -0.05) is 85.5 Å². The van der Waals surface area contributed by atoms with Crippen LogP contribution in [-0.4, -0.2) is 3.94 Å². The lowest BCUT2D eigenvalue weighted by molar-refractivity contribution is 1.76. The molecule has 0 aliphatic rings. The molecule has 0 N–H and O–H groups in total. The van der Waals surface area contributed by atoms with Gasteiger partial charge in [-0.15, -0.1) is 0 Å². The van der Waals surface area contributed by atoms with Gasteiger partial charge in [0.25, 0.3) is 0 Å². The fourth-order valence-electron chi connectivity index (χ4n) is 1.51. The maximum absolute atomic E-state index is 5.22. The maximum Gasteiger partial charge on any atom is 0.109 e. The third kappa shape index (κ3) is 2.65. The molecule has 0 aliphatic heterocycles. The standard InChI is InChI=1S/C13H10PS2/c15-13(16)14(11-7-3-1-4-8-11)12-9-5-2-6-10-12/h1-10H. The van der Waals surface area contributed by atoms with Gasteiger partial charge in [0.15, 0.2) is 0 Å². The molecule has 0 spiro atoms. The molecule has 0 unspecified atom stereocenters. The van der Waals surface area contributed by atoms with E-state index in [1.165, 1.54) is 10.6 Å². The van der Waals surface area contributed by atoms with Gasteiger partial charge in [0.05, 0.1) is 0 Å². The van der Waals surface area contributed by atoms with E-state index in [0.29, 0.717) is 3.94 Å². The molecule has 0 heterocycles. The smallest absolute Gasteiger partial charge is 0.0662 e. The third-order valence-corrected chi connectivity index (χ3v) is 5.30. The number of hydrogen-bond acceptors (Lipinski definition) is 1. The van der Waals surface area contributed by atoms with E-state index < -0.39 is 7.92 Å². The summed E-state index contributed by atoms with van der Waals surface area (Å²) in [6.07, 6.45) is 0. The topological polar surface area (TPSA) is 0 Å². The molecule has 0 saturated heterocycles. The minimum Gasteiger partial charge on any atom is -0.0662 e. The molecule has 16 heavy (non-hydrogen) atoms. The van der Waals surface area contributed by atoms with Crippen molar-refractivity contribution in [1.82, 2.24) is 0 Å². The zero-order chi connectivity index (χ0) is 11.4. The van der Waals surface area contributed by atoms with E-state index in [-0.39, 0.29) is 0 Å². The Balaban J connectivity index is 2.44. The first kappa shape index (κ1) is 11.7. The van der Waals surface area contributed by atoms with Crippen molar-refractivity contribution in [2.45, 2.75) is 0 Å². The van der Waals surface area contributed by atoms with Crippen LogP contribution in [0, 0.1) is 0 Å². The van der Waals surface area contributed by atoms with Gasteiger partial charge in [-0.05, 0) is 10.6 Å². The predicted molar refractivity (Wildman–Crippen MR) is 79.3 cm³/mol.